The molecule has 0 aliphatic rings. The first-order valence-electron chi connectivity index (χ1n) is 3.36. The van der Waals surface area contributed by atoms with Crippen molar-refractivity contribution in [2.75, 3.05) is 5.43 Å². The Labute approximate surface area is 77.5 Å². The van der Waals surface area contributed by atoms with Gasteiger partial charge in [0, 0.05) is 0 Å². The molecule has 2 rings (SSSR count). The minimum absolute atomic E-state index is 0.261. The van der Waals surface area contributed by atoms with E-state index in [0.717, 1.165) is 0 Å². The topological polar surface area (TPSA) is 72.7 Å². The molecule has 66 valence electrons. The van der Waals surface area contributed by atoms with Gasteiger partial charge in [0.2, 0.25) is 6.41 Å². The third kappa shape index (κ3) is 1.20. The smallest absolute Gasteiger partial charge is 0.226 e. The lowest BCUT2D eigenvalue weighted by Gasteiger charge is -1.97. The summed E-state index contributed by atoms with van der Waals surface area (Å²) in [6.07, 6.45) is 3.23. The molecule has 0 spiro atoms. The Morgan fingerprint density at radius 1 is 1.46 bits per heavy atom. The van der Waals surface area contributed by atoms with Crippen molar-refractivity contribution in [2.45, 2.75) is 0 Å². The second-order valence-electron chi connectivity index (χ2n) is 2.20. The van der Waals surface area contributed by atoms with Gasteiger partial charge in [-0.1, -0.05) is 11.6 Å². The number of hydrogen-bond donors (Lipinski definition) is 1. The Morgan fingerprint density at radius 3 is 3.08 bits per heavy atom. The zero-order valence-electron chi connectivity index (χ0n) is 6.31. The van der Waals surface area contributed by atoms with Crippen LogP contribution in [-0.2, 0) is 4.79 Å². The van der Waals surface area contributed by atoms with E-state index in [1.807, 2.05) is 0 Å². The number of aromatic nitrogens is 4. The van der Waals surface area contributed by atoms with Gasteiger partial charge in [-0.15, -0.1) is 0 Å². The highest BCUT2D eigenvalue weighted by molar-refractivity contribution is 6.33. The van der Waals surface area contributed by atoms with E-state index in [9.17, 15) is 4.79 Å². The van der Waals surface area contributed by atoms with Crippen molar-refractivity contribution in [3.05, 3.63) is 17.8 Å². The van der Waals surface area contributed by atoms with Gasteiger partial charge in [-0.2, -0.15) is 0 Å². The summed E-state index contributed by atoms with van der Waals surface area (Å²) in [5, 5.41) is 0.261. The number of carbonyl (C=O) groups excluding carboxylic acids is 1. The summed E-state index contributed by atoms with van der Waals surface area (Å²) in [7, 11) is 0. The summed E-state index contributed by atoms with van der Waals surface area (Å²) in [5.41, 5.74) is 3.30. The predicted octanol–water partition coefficient (Wildman–Crippen LogP) is 0.180. The van der Waals surface area contributed by atoms with E-state index in [0.29, 0.717) is 17.6 Å². The van der Waals surface area contributed by atoms with E-state index in [-0.39, 0.29) is 5.15 Å². The standard InChI is InChI=1S/C6H4ClN5O/c7-5-4-6(9-1-8-5)12(2-10-4)11-3-13/h1-3H,(H,11,13). The van der Waals surface area contributed by atoms with Gasteiger partial charge in [-0.05, 0) is 0 Å². The molecule has 0 aromatic carbocycles. The molecular formula is C6H4ClN5O. The van der Waals surface area contributed by atoms with Gasteiger partial charge in [0.25, 0.3) is 0 Å². The second kappa shape index (κ2) is 2.98. The maximum absolute atomic E-state index is 10.2. The molecule has 0 bridgehead atoms. The molecule has 0 saturated carbocycles. The molecule has 0 fully saturated rings. The van der Waals surface area contributed by atoms with Crippen LogP contribution in [0, 0.1) is 0 Å². The third-order valence-corrected chi connectivity index (χ3v) is 1.76. The molecule has 2 aromatic rings. The highest BCUT2D eigenvalue weighted by Crippen LogP contribution is 2.15. The van der Waals surface area contributed by atoms with Gasteiger partial charge < -0.3 is 0 Å². The van der Waals surface area contributed by atoms with Crippen molar-refractivity contribution in [3.8, 4) is 0 Å². The molecule has 1 amide bonds. The lowest BCUT2D eigenvalue weighted by molar-refractivity contribution is -0.106. The van der Waals surface area contributed by atoms with Crippen LogP contribution in [0.15, 0.2) is 12.7 Å². The number of carbonyl (C=O) groups is 1. The zero-order chi connectivity index (χ0) is 9.26. The van der Waals surface area contributed by atoms with Crippen molar-refractivity contribution < 1.29 is 4.79 Å². The number of rotatable bonds is 2. The fraction of sp³-hybridized carbons (Fsp3) is 0. The fourth-order valence-corrected chi connectivity index (χ4v) is 1.13. The monoisotopic (exact) mass is 197 g/mol. The highest BCUT2D eigenvalue weighted by Gasteiger charge is 2.06. The molecule has 7 heteroatoms. The van der Waals surface area contributed by atoms with Gasteiger partial charge in [-0.3, -0.25) is 10.2 Å². The summed E-state index contributed by atoms with van der Waals surface area (Å²) in [5.74, 6) is 0. The molecule has 0 saturated heterocycles. The summed E-state index contributed by atoms with van der Waals surface area (Å²) >= 11 is 5.73. The molecule has 0 aliphatic carbocycles. The van der Waals surface area contributed by atoms with Crippen LogP contribution in [0.1, 0.15) is 0 Å². The molecular weight excluding hydrogens is 194 g/mol. The van der Waals surface area contributed by atoms with E-state index >= 15 is 0 Å². The second-order valence-corrected chi connectivity index (χ2v) is 2.56. The van der Waals surface area contributed by atoms with Crippen molar-refractivity contribution in [1.82, 2.24) is 19.6 Å². The molecule has 2 heterocycles. The lowest BCUT2D eigenvalue weighted by atomic mass is 10.6. The Morgan fingerprint density at radius 2 is 2.31 bits per heavy atom. The number of imidazole rings is 1. The minimum Gasteiger partial charge on any atom is -0.277 e. The van der Waals surface area contributed by atoms with Crippen molar-refractivity contribution in [2.24, 2.45) is 0 Å². The molecule has 2 aromatic heterocycles. The minimum atomic E-state index is 0.261. The normalized spacial score (nSPS) is 10.2. The Kier molecular flexibility index (Phi) is 1.82. The molecule has 6 nitrogen and oxygen atoms in total. The summed E-state index contributed by atoms with van der Waals surface area (Å²) in [4.78, 5) is 21.7. The third-order valence-electron chi connectivity index (χ3n) is 1.48. The lowest BCUT2D eigenvalue weighted by Crippen LogP contribution is -2.11. The largest absolute Gasteiger partial charge is 0.277 e. The first-order chi connectivity index (χ1) is 6.33. The molecule has 1 N–H and O–H groups in total. The van der Waals surface area contributed by atoms with Crippen molar-refractivity contribution >= 4 is 29.2 Å². The van der Waals surface area contributed by atoms with Crippen LogP contribution in [0.2, 0.25) is 5.15 Å². The Balaban J connectivity index is 2.67. The van der Waals surface area contributed by atoms with Crippen LogP contribution in [0.3, 0.4) is 0 Å². The molecule has 0 radical (unpaired) electrons. The molecule has 0 aliphatic heterocycles. The summed E-state index contributed by atoms with van der Waals surface area (Å²) in [6.45, 7) is 0. The molecule has 13 heavy (non-hydrogen) atoms. The number of fused-ring (bicyclic) bond motifs is 1. The number of nitrogens with one attached hydrogen (secondary N) is 1. The van der Waals surface area contributed by atoms with E-state index in [1.54, 1.807) is 0 Å². The maximum Gasteiger partial charge on any atom is 0.226 e. The quantitative estimate of drug-likeness (QED) is 0.551. The van der Waals surface area contributed by atoms with E-state index in [1.165, 1.54) is 17.3 Å². The SMILES string of the molecule is O=CNn1cnc2c(Cl)ncnc21. The first kappa shape index (κ1) is 7.93. The number of hydrogen-bond acceptors (Lipinski definition) is 4. The van der Waals surface area contributed by atoms with Crippen LogP contribution in [0.25, 0.3) is 11.2 Å². The Bertz CT molecular complexity index is 453. The molecule has 0 unspecified atom stereocenters. The van der Waals surface area contributed by atoms with Crippen LogP contribution >= 0.6 is 11.6 Å². The van der Waals surface area contributed by atoms with Crippen LogP contribution in [0.4, 0.5) is 0 Å². The maximum atomic E-state index is 10.2. The summed E-state index contributed by atoms with van der Waals surface area (Å²) < 4.78 is 1.36. The van der Waals surface area contributed by atoms with Crippen molar-refractivity contribution in [3.63, 3.8) is 0 Å². The van der Waals surface area contributed by atoms with Crippen LogP contribution in [-0.4, -0.2) is 26.0 Å². The van der Waals surface area contributed by atoms with Gasteiger partial charge in [0.15, 0.2) is 10.8 Å². The number of amides is 1. The van der Waals surface area contributed by atoms with E-state index in [4.69, 9.17) is 11.6 Å². The highest BCUT2D eigenvalue weighted by atomic mass is 35.5. The number of nitrogens with zero attached hydrogens (tertiary/aromatic N) is 4. The average Bonchev–Trinajstić information content (AvgIpc) is 2.51. The van der Waals surface area contributed by atoms with E-state index < -0.39 is 0 Å². The molecule has 0 atom stereocenters. The average molecular weight is 198 g/mol. The van der Waals surface area contributed by atoms with Crippen LogP contribution < -0.4 is 5.43 Å². The fourth-order valence-electron chi connectivity index (χ4n) is 0.957. The zero-order valence-corrected chi connectivity index (χ0v) is 7.06. The first-order valence-corrected chi connectivity index (χ1v) is 3.74. The van der Waals surface area contributed by atoms with Crippen LogP contribution in [0.5, 0.6) is 0 Å². The van der Waals surface area contributed by atoms with Gasteiger partial charge in [0.1, 0.15) is 18.2 Å². The van der Waals surface area contributed by atoms with E-state index in [2.05, 4.69) is 20.4 Å². The van der Waals surface area contributed by atoms with Gasteiger partial charge in [-0.25, -0.2) is 19.6 Å². The predicted molar refractivity (Wildman–Crippen MR) is 45.8 cm³/mol. The Hall–Kier alpha value is -1.69. The number of halogens is 1. The van der Waals surface area contributed by atoms with Gasteiger partial charge in [0.05, 0.1) is 0 Å². The van der Waals surface area contributed by atoms with Crippen molar-refractivity contribution in [1.29, 1.82) is 0 Å². The summed E-state index contributed by atoms with van der Waals surface area (Å²) in [6, 6.07) is 0. The van der Waals surface area contributed by atoms with Gasteiger partial charge >= 0.3 is 0 Å².